The van der Waals surface area contributed by atoms with Crippen molar-refractivity contribution < 1.29 is 13.9 Å². The van der Waals surface area contributed by atoms with Crippen LogP contribution in [0.5, 0.6) is 0 Å². The van der Waals surface area contributed by atoms with Gasteiger partial charge in [-0.05, 0) is 0 Å². The zero-order chi connectivity index (χ0) is 14.5. The average molecular weight is 483 g/mol. The SMILES string of the molecule is C=[C](c1ccccn1)[Cu]([c]1ccccc1)[c]1ccccc1.P.[I]. The van der Waals surface area contributed by atoms with Gasteiger partial charge in [0.15, 0.2) is 0 Å². The summed E-state index contributed by atoms with van der Waals surface area (Å²) in [5, 5.41) is 0. The summed E-state index contributed by atoms with van der Waals surface area (Å²) in [6.07, 6.45) is 1.82. The van der Waals surface area contributed by atoms with Crippen molar-refractivity contribution in [3.8, 4) is 0 Å². The zero-order valence-corrected chi connectivity index (χ0v) is 17.1. The Bertz CT molecular complexity index is 681. The molecule has 4 heteroatoms. The minimum atomic E-state index is -0.121. The third-order valence-corrected chi connectivity index (χ3v) is 5.39. The van der Waals surface area contributed by atoms with Crippen molar-refractivity contribution in [3.63, 3.8) is 0 Å². The first kappa shape index (κ1) is 20.1. The third-order valence-electron chi connectivity index (χ3n) is 2.87. The van der Waals surface area contributed by atoms with E-state index in [0.29, 0.717) is 0 Å². The van der Waals surface area contributed by atoms with Crippen LogP contribution >= 0.6 is 33.9 Å². The summed E-state index contributed by atoms with van der Waals surface area (Å²) in [6.45, 7) is 4.32. The van der Waals surface area contributed by atoms with E-state index in [9.17, 15) is 0 Å². The van der Waals surface area contributed by atoms with Gasteiger partial charge in [0.25, 0.3) is 0 Å². The number of rotatable bonds is 4. The Balaban J connectivity index is 0.00000132. The predicted molar refractivity (Wildman–Crippen MR) is 111 cm³/mol. The molecule has 1 unspecified atom stereocenters. The molecule has 0 aliphatic heterocycles. The molecule has 0 saturated heterocycles. The molecule has 1 nitrogen and oxygen atoms in total. The molecule has 3 aromatic rings. The van der Waals surface area contributed by atoms with Crippen LogP contribution in [-0.4, -0.2) is 4.98 Å². The number of nitrogens with zero attached hydrogens (tertiary/aromatic N) is 1. The Morgan fingerprint density at radius 1 is 0.739 bits per heavy atom. The largest absolute Gasteiger partial charge is 0.153 e. The normalized spacial score (nSPS) is 10.0. The molecule has 123 valence electrons. The van der Waals surface area contributed by atoms with Crippen LogP contribution in [0, 0.1) is 0 Å². The van der Waals surface area contributed by atoms with Crippen LogP contribution in [0.15, 0.2) is 91.6 Å². The number of pyridine rings is 1. The Kier molecular flexibility index (Phi) is 8.72. The summed E-state index contributed by atoms with van der Waals surface area (Å²) >= 11 is -0.121. The van der Waals surface area contributed by atoms with Crippen LogP contribution in [0.25, 0.3) is 4.47 Å². The van der Waals surface area contributed by atoms with Crippen molar-refractivity contribution in [2.75, 3.05) is 0 Å². The summed E-state index contributed by atoms with van der Waals surface area (Å²) in [5.41, 5.74) is 0.949. The molecule has 1 heterocycles. The summed E-state index contributed by atoms with van der Waals surface area (Å²) < 4.78 is 3.55. The fraction of sp³-hybridized carbons (Fsp3) is 0. The second-order valence-corrected chi connectivity index (χ2v) is 6.66. The van der Waals surface area contributed by atoms with E-state index in [2.05, 4.69) is 60.1 Å². The van der Waals surface area contributed by atoms with Gasteiger partial charge in [-0.1, -0.05) is 0 Å². The Labute approximate surface area is 162 Å². The first-order chi connectivity index (χ1) is 10.4. The first-order valence-corrected chi connectivity index (χ1v) is 8.06. The van der Waals surface area contributed by atoms with Gasteiger partial charge in [-0.2, -0.15) is 9.90 Å². The van der Waals surface area contributed by atoms with E-state index in [1.165, 1.54) is 8.92 Å². The Morgan fingerprint density at radius 2 is 1.22 bits per heavy atom. The molecule has 0 amide bonds. The molecule has 2 aromatic carbocycles. The standard InChI is InChI=1S/C7H6N.2C6H5.Cu.I.H3P/c1-2-7-5-3-4-6-8-7;2*1-2-4-6-5-3-1;;;/h3-6H,1H2;2*1-5H;;;1H3. The number of benzene rings is 2. The van der Waals surface area contributed by atoms with Crippen molar-refractivity contribution >= 4 is 47.3 Å². The van der Waals surface area contributed by atoms with Crippen LogP contribution in [-0.2, 0) is 13.9 Å². The van der Waals surface area contributed by atoms with E-state index >= 15 is 0 Å². The maximum Gasteiger partial charge on any atom is 0 e. The fourth-order valence-electron chi connectivity index (χ4n) is 1.90. The van der Waals surface area contributed by atoms with Crippen LogP contribution in [0.3, 0.4) is 0 Å². The van der Waals surface area contributed by atoms with Crippen LogP contribution < -0.4 is 8.92 Å². The monoisotopic (exact) mass is 482 g/mol. The maximum atomic E-state index is 4.46. The van der Waals surface area contributed by atoms with E-state index < -0.39 is 0 Å². The van der Waals surface area contributed by atoms with Gasteiger partial charge < -0.3 is 0 Å². The smallest absolute Gasteiger partial charge is 0 e. The van der Waals surface area contributed by atoms with Gasteiger partial charge in [0, 0.05) is 24.0 Å². The molecular formula is C19H19CuINP. The van der Waals surface area contributed by atoms with Gasteiger partial charge in [-0.3, -0.25) is 0 Å². The van der Waals surface area contributed by atoms with E-state index in [1.54, 1.807) is 0 Å². The first-order valence-electron chi connectivity index (χ1n) is 6.65. The molecule has 0 fully saturated rings. The Morgan fingerprint density at radius 3 is 1.65 bits per heavy atom. The molecule has 0 aliphatic rings. The molecule has 0 aliphatic carbocycles. The van der Waals surface area contributed by atoms with Gasteiger partial charge in [0.1, 0.15) is 0 Å². The number of aromatic nitrogens is 1. The van der Waals surface area contributed by atoms with E-state index in [1.807, 2.05) is 36.5 Å². The predicted octanol–water partition coefficient (Wildman–Crippen LogP) is 4.27. The molecule has 1 aromatic heterocycles. The van der Waals surface area contributed by atoms with Gasteiger partial charge in [0.05, 0.1) is 0 Å². The summed E-state index contributed by atoms with van der Waals surface area (Å²) in [4.78, 5) is 4.46. The van der Waals surface area contributed by atoms with Crippen LogP contribution in [0.1, 0.15) is 5.69 Å². The molecule has 0 saturated carbocycles. The summed E-state index contributed by atoms with van der Waals surface area (Å²) in [7, 11) is 0. The topological polar surface area (TPSA) is 12.9 Å². The zero-order valence-electron chi connectivity index (χ0n) is 12.6. The minimum Gasteiger partial charge on any atom is -0.153 e. The van der Waals surface area contributed by atoms with Crippen molar-refractivity contribution in [2.24, 2.45) is 0 Å². The van der Waals surface area contributed by atoms with Crippen LogP contribution in [0.4, 0.5) is 0 Å². The van der Waals surface area contributed by atoms with Crippen molar-refractivity contribution in [3.05, 3.63) is 97.3 Å². The minimum absolute atomic E-state index is 0. The molecular weight excluding hydrogens is 464 g/mol. The fourth-order valence-corrected chi connectivity index (χ4v) is 4.24. The quantitative estimate of drug-likeness (QED) is 0.308. The second kappa shape index (κ2) is 10.00. The molecule has 0 N–H and O–H groups in total. The van der Waals surface area contributed by atoms with Gasteiger partial charge >= 0.3 is 130 Å². The van der Waals surface area contributed by atoms with Crippen LogP contribution in [0.2, 0.25) is 0 Å². The van der Waals surface area contributed by atoms with Gasteiger partial charge in [0.2, 0.25) is 0 Å². The average Bonchev–Trinajstić information content (AvgIpc) is 2.58. The molecule has 3 rings (SSSR count). The number of hydrogen-bond donors (Lipinski definition) is 0. The van der Waals surface area contributed by atoms with Crippen molar-refractivity contribution in [1.29, 1.82) is 0 Å². The van der Waals surface area contributed by atoms with Crippen molar-refractivity contribution in [1.82, 2.24) is 4.98 Å². The van der Waals surface area contributed by atoms with Crippen molar-refractivity contribution in [2.45, 2.75) is 0 Å². The number of hydrogen-bond acceptors (Lipinski definition) is 1. The molecule has 23 heavy (non-hydrogen) atoms. The summed E-state index contributed by atoms with van der Waals surface area (Å²) in [6, 6.07) is 26.9. The van der Waals surface area contributed by atoms with E-state index in [-0.39, 0.29) is 47.8 Å². The van der Waals surface area contributed by atoms with Gasteiger partial charge in [-0.15, -0.1) is 0 Å². The molecule has 0 spiro atoms. The molecule has 0 bridgehead atoms. The van der Waals surface area contributed by atoms with E-state index in [0.717, 1.165) is 10.2 Å². The molecule has 1 atom stereocenters. The number of halogens is 1. The van der Waals surface area contributed by atoms with E-state index in [4.69, 9.17) is 0 Å². The summed E-state index contributed by atoms with van der Waals surface area (Å²) in [5.74, 6) is 0. The molecule has 1 radical (unpaired) electrons. The maximum absolute atomic E-state index is 4.46. The van der Waals surface area contributed by atoms with Gasteiger partial charge in [-0.25, -0.2) is 0 Å². The second-order valence-electron chi connectivity index (χ2n) is 4.30. The third kappa shape index (κ3) is 4.99. The Hall–Kier alpha value is -0.991.